The summed E-state index contributed by atoms with van der Waals surface area (Å²) in [5, 5.41) is 12.2. The van der Waals surface area contributed by atoms with E-state index in [9.17, 15) is 8.42 Å². The highest BCUT2D eigenvalue weighted by Crippen LogP contribution is 2.33. The van der Waals surface area contributed by atoms with Crippen LogP contribution in [0, 0.1) is 0 Å². The van der Waals surface area contributed by atoms with Crippen LogP contribution in [0.5, 0.6) is 0 Å². The Labute approximate surface area is 170 Å². The van der Waals surface area contributed by atoms with E-state index >= 15 is 0 Å². The Bertz CT molecular complexity index is 1120. The quantitative estimate of drug-likeness (QED) is 0.673. The first kappa shape index (κ1) is 20.0. The lowest BCUT2D eigenvalue weighted by Crippen LogP contribution is -2.45. The van der Waals surface area contributed by atoms with Gasteiger partial charge in [-0.1, -0.05) is 0 Å². The predicted octanol–water partition coefficient (Wildman–Crippen LogP) is 2.50. The molecule has 0 amide bonds. The number of nitrogens with zero attached hydrogens (tertiary/aromatic N) is 5. The fraction of sp³-hybridized carbons (Fsp3) is 0.579. The summed E-state index contributed by atoms with van der Waals surface area (Å²) in [4.78, 5) is 9.65. The standard InChI is InChI=1S/C19H27N7O2S/c1-19(2,3)29(27,28)24-14-8-5-12(6-9-14)17-20-15-10-7-13(11-16(15)21-17)18-22-25-26(4)23-18/h7,10-12,14,24H,5-6,8-9H2,1-4H3,(H,20,21)/t12-,14-. The molecule has 0 unspecified atom stereocenters. The average molecular weight is 418 g/mol. The van der Waals surface area contributed by atoms with Crippen molar-refractivity contribution in [3.63, 3.8) is 0 Å². The van der Waals surface area contributed by atoms with Gasteiger partial charge in [-0.2, -0.15) is 4.80 Å². The van der Waals surface area contributed by atoms with Gasteiger partial charge in [-0.3, -0.25) is 0 Å². The predicted molar refractivity (Wildman–Crippen MR) is 111 cm³/mol. The molecule has 2 heterocycles. The van der Waals surface area contributed by atoms with Crippen LogP contribution in [0.2, 0.25) is 0 Å². The van der Waals surface area contributed by atoms with E-state index in [1.165, 1.54) is 4.80 Å². The van der Waals surface area contributed by atoms with Crippen LogP contribution in [0.15, 0.2) is 18.2 Å². The molecule has 2 aromatic heterocycles. The van der Waals surface area contributed by atoms with E-state index in [0.717, 1.165) is 48.1 Å². The molecular formula is C19H27N7O2S. The monoisotopic (exact) mass is 417 g/mol. The van der Waals surface area contributed by atoms with Gasteiger partial charge in [0.1, 0.15) is 5.82 Å². The molecule has 0 radical (unpaired) electrons. The molecule has 1 aliphatic rings. The highest BCUT2D eigenvalue weighted by molar-refractivity contribution is 7.90. The molecule has 1 aliphatic carbocycles. The van der Waals surface area contributed by atoms with Crippen LogP contribution in [0.3, 0.4) is 0 Å². The Morgan fingerprint density at radius 3 is 2.52 bits per heavy atom. The molecular weight excluding hydrogens is 390 g/mol. The summed E-state index contributed by atoms with van der Waals surface area (Å²) in [5.74, 6) is 1.84. The van der Waals surface area contributed by atoms with Gasteiger partial charge >= 0.3 is 0 Å². The summed E-state index contributed by atoms with van der Waals surface area (Å²) in [6.45, 7) is 5.17. The molecule has 4 rings (SSSR count). The van der Waals surface area contributed by atoms with Crippen LogP contribution < -0.4 is 4.72 Å². The molecule has 2 N–H and O–H groups in total. The van der Waals surface area contributed by atoms with Crippen LogP contribution in [0.1, 0.15) is 58.2 Å². The second kappa shape index (κ2) is 7.17. The third-order valence-electron chi connectivity index (χ3n) is 5.51. The van der Waals surface area contributed by atoms with Gasteiger partial charge in [0.25, 0.3) is 0 Å². The van der Waals surface area contributed by atoms with Gasteiger partial charge < -0.3 is 4.98 Å². The van der Waals surface area contributed by atoms with Crippen molar-refractivity contribution >= 4 is 21.1 Å². The summed E-state index contributed by atoms with van der Waals surface area (Å²) < 4.78 is 26.9. The number of H-pyrrole nitrogens is 1. The lowest BCUT2D eigenvalue weighted by molar-refractivity contribution is 0.364. The van der Waals surface area contributed by atoms with E-state index < -0.39 is 14.8 Å². The van der Waals surface area contributed by atoms with Crippen molar-refractivity contribution in [1.82, 2.24) is 34.9 Å². The molecule has 3 aromatic rings. The summed E-state index contributed by atoms with van der Waals surface area (Å²) in [7, 11) is -1.59. The Hall–Kier alpha value is -2.33. The van der Waals surface area contributed by atoms with Crippen LogP contribution in [0.4, 0.5) is 0 Å². The third-order valence-corrected chi connectivity index (χ3v) is 7.77. The molecule has 1 aromatic carbocycles. The van der Waals surface area contributed by atoms with Crippen molar-refractivity contribution < 1.29 is 8.42 Å². The first-order chi connectivity index (χ1) is 13.6. The molecule has 1 saturated carbocycles. The fourth-order valence-corrected chi connectivity index (χ4v) is 4.67. The van der Waals surface area contributed by atoms with Crippen LogP contribution in [0.25, 0.3) is 22.4 Å². The zero-order valence-electron chi connectivity index (χ0n) is 17.2. The first-order valence-corrected chi connectivity index (χ1v) is 11.4. The van der Waals surface area contributed by atoms with Crippen molar-refractivity contribution in [1.29, 1.82) is 0 Å². The third kappa shape index (κ3) is 4.04. The number of rotatable bonds is 4. The number of hydrogen-bond donors (Lipinski definition) is 2. The lowest BCUT2D eigenvalue weighted by Gasteiger charge is -2.30. The summed E-state index contributed by atoms with van der Waals surface area (Å²) in [5.41, 5.74) is 2.73. The van der Waals surface area contributed by atoms with Gasteiger partial charge in [-0.05, 0) is 69.9 Å². The van der Waals surface area contributed by atoms with Crippen molar-refractivity contribution in [2.24, 2.45) is 7.05 Å². The van der Waals surface area contributed by atoms with Crippen molar-refractivity contribution in [3.8, 4) is 11.4 Å². The van der Waals surface area contributed by atoms with E-state index in [1.807, 2.05) is 18.2 Å². The second-order valence-corrected chi connectivity index (χ2v) is 11.2. The van der Waals surface area contributed by atoms with Crippen molar-refractivity contribution in [2.75, 3.05) is 0 Å². The van der Waals surface area contributed by atoms with Gasteiger partial charge in [-0.15, -0.1) is 10.2 Å². The van der Waals surface area contributed by atoms with Gasteiger partial charge in [0.15, 0.2) is 0 Å². The smallest absolute Gasteiger partial charge is 0.216 e. The average Bonchev–Trinajstić information content (AvgIpc) is 3.26. The topological polar surface area (TPSA) is 118 Å². The summed E-state index contributed by atoms with van der Waals surface area (Å²) >= 11 is 0. The minimum atomic E-state index is -3.32. The first-order valence-electron chi connectivity index (χ1n) is 9.88. The number of aromatic nitrogens is 6. The number of aryl methyl sites for hydroxylation is 1. The zero-order valence-corrected chi connectivity index (χ0v) is 18.0. The zero-order chi connectivity index (χ0) is 20.8. The highest BCUT2D eigenvalue weighted by atomic mass is 32.2. The second-order valence-electron chi connectivity index (χ2n) is 8.74. The van der Waals surface area contributed by atoms with Gasteiger partial charge in [0.05, 0.1) is 22.8 Å². The number of imidazole rings is 1. The Morgan fingerprint density at radius 2 is 1.90 bits per heavy atom. The minimum absolute atomic E-state index is 0.00538. The van der Waals surface area contributed by atoms with E-state index in [0.29, 0.717) is 11.7 Å². The molecule has 0 spiro atoms. The van der Waals surface area contributed by atoms with E-state index in [4.69, 9.17) is 4.98 Å². The molecule has 0 saturated heterocycles. The SMILES string of the molecule is Cn1nnc(-c2ccc3[nH]c([C@H]4CC[C@H](NS(=O)(=O)C(C)(C)C)CC4)nc3c2)n1. The largest absolute Gasteiger partial charge is 0.342 e. The number of benzene rings is 1. The molecule has 156 valence electrons. The number of tetrazole rings is 1. The van der Waals surface area contributed by atoms with Crippen molar-refractivity contribution in [2.45, 2.75) is 63.2 Å². The summed E-state index contributed by atoms with van der Waals surface area (Å²) in [6, 6.07) is 5.91. The van der Waals surface area contributed by atoms with Crippen LogP contribution in [-0.4, -0.2) is 49.4 Å². The number of fused-ring (bicyclic) bond motifs is 1. The van der Waals surface area contributed by atoms with Crippen LogP contribution >= 0.6 is 0 Å². The normalized spacial score (nSPS) is 21.0. The molecule has 0 atom stereocenters. The Kier molecular flexibility index (Phi) is 4.94. The Morgan fingerprint density at radius 1 is 1.17 bits per heavy atom. The summed E-state index contributed by atoms with van der Waals surface area (Å²) in [6.07, 6.45) is 3.42. The van der Waals surface area contributed by atoms with E-state index in [-0.39, 0.29) is 6.04 Å². The molecule has 9 nitrogen and oxygen atoms in total. The maximum Gasteiger partial charge on any atom is 0.216 e. The molecule has 10 heteroatoms. The highest BCUT2D eigenvalue weighted by Gasteiger charge is 2.33. The maximum atomic E-state index is 12.4. The van der Waals surface area contributed by atoms with Crippen molar-refractivity contribution in [3.05, 3.63) is 24.0 Å². The molecule has 1 fully saturated rings. The molecule has 0 bridgehead atoms. The molecule has 0 aliphatic heterocycles. The number of sulfonamides is 1. The van der Waals surface area contributed by atoms with Gasteiger partial charge in [0, 0.05) is 17.5 Å². The van der Waals surface area contributed by atoms with Gasteiger partial charge in [0.2, 0.25) is 15.8 Å². The fourth-order valence-electron chi connectivity index (χ4n) is 3.64. The van der Waals surface area contributed by atoms with Crippen LogP contribution in [-0.2, 0) is 17.1 Å². The van der Waals surface area contributed by atoms with E-state index in [2.05, 4.69) is 25.1 Å². The number of hydrogen-bond acceptors (Lipinski definition) is 6. The Balaban J connectivity index is 1.46. The van der Waals surface area contributed by atoms with E-state index in [1.54, 1.807) is 27.8 Å². The number of aromatic amines is 1. The van der Waals surface area contributed by atoms with Gasteiger partial charge in [-0.25, -0.2) is 18.1 Å². The minimum Gasteiger partial charge on any atom is -0.342 e. The molecule has 29 heavy (non-hydrogen) atoms. The lowest BCUT2D eigenvalue weighted by atomic mass is 9.86. The maximum absolute atomic E-state index is 12.4. The number of nitrogens with one attached hydrogen (secondary N) is 2.